The maximum absolute atomic E-state index is 13.4. The molecule has 0 bridgehead atoms. The molecule has 22 heavy (non-hydrogen) atoms. The third-order valence-electron chi connectivity index (χ3n) is 2.85. The monoisotopic (exact) mass is 303 g/mol. The van der Waals surface area contributed by atoms with Gasteiger partial charge in [0.25, 0.3) is 0 Å². The Balaban J connectivity index is 2.00. The summed E-state index contributed by atoms with van der Waals surface area (Å²) < 4.78 is 31.6. The number of allylic oxidation sites excluding steroid dienone is 1. The minimum atomic E-state index is -0.598. The van der Waals surface area contributed by atoms with Gasteiger partial charge in [0.1, 0.15) is 17.4 Å². The summed E-state index contributed by atoms with van der Waals surface area (Å²) in [5.74, 6) is -0.731. The molecule has 0 heterocycles. The van der Waals surface area contributed by atoms with E-state index in [1.807, 2.05) is 6.92 Å². The van der Waals surface area contributed by atoms with Crippen LogP contribution in [0, 0.1) is 11.6 Å². The third-order valence-corrected chi connectivity index (χ3v) is 2.85. The number of rotatable bonds is 6. The fraction of sp³-hybridized carbons (Fsp3) is 0.118. The van der Waals surface area contributed by atoms with E-state index in [0.717, 1.165) is 18.2 Å². The van der Waals surface area contributed by atoms with E-state index in [2.05, 4.69) is 5.32 Å². The van der Waals surface area contributed by atoms with Crippen molar-refractivity contribution in [3.63, 3.8) is 0 Å². The molecule has 0 aliphatic heterocycles. The van der Waals surface area contributed by atoms with Crippen LogP contribution in [0.2, 0.25) is 0 Å². The highest BCUT2D eigenvalue weighted by Crippen LogP contribution is 2.16. The number of halogens is 2. The molecular weight excluding hydrogens is 288 g/mol. The number of hydrogen-bond acceptors (Lipinski definition) is 3. The molecule has 0 unspecified atom stereocenters. The average molecular weight is 303 g/mol. The SMILES string of the molecule is CCOc1ccc(C(=O)/C=C/Nc2cc(F)ccc2F)cc1. The topological polar surface area (TPSA) is 38.3 Å². The van der Waals surface area contributed by atoms with Crippen molar-refractivity contribution in [1.82, 2.24) is 0 Å². The van der Waals surface area contributed by atoms with Crippen molar-refractivity contribution in [2.45, 2.75) is 6.92 Å². The van der Waals surface area contributed by atoms with E-state index in [9.17, 15) is 13.6 Å². The molecular formula is C17H15F2NO2. The number of ketones is 1. The van der Waals surface area contributed by atoms with Crippen molar-refractivity contribution in [3.05, 3.63) is 71.9 Å². The Hall–Kier alpha value is -2.69. The number of hydrogen-bond donors (Lipinski definition) is 1. The molecule has 0 aliphatic carbocycles. The molecule has 2 rings (SSSR count). The Morgan fingerprint density at radius 3 is 2.59 bits per heavy atom. The summed E-state index contributed by atoms with van der Waals surface area (Å²) in [6, 6.07) is 9.73. The van der Waals surface area contributed by atoms with E-state index >= 15 is 0 Å². The zero-order chi connectivity index (χ0) is 15.9. The Kier molecular flexibility index (Phi) is 5.25. The third kappa shape index (κ3) is 4.15. The number of anilines is 1. The van der Waals surface area contributed by atoms with Gasteiger partial charge >= 0.3 is 0 Å². The summed E-state index contributed by atoms with van der Waals surface area (Å²) in [7, 11) is 0. The molecule has 0 aromatic heterocycles. The van der Waals surface area contributed by atoms with Crippen molar-refractivity contribution in [1.29, 1.82) is 0 Å². The van der Waals surface area contributed by atoms with Crippen LogP contribution in [0.3, 0.4) is 0 Å². The van der Waals surface area contributed by atoms with E-state index in [0.29, 0.717) is 17.9 Å². The molecule has 2 aromatic rings. The fourth-order valence-corrected chi connectivity index (χ4v) is 1.79. The Morgan fingerprint density at radius 2 is 1.91 bits per heavy atom. The van der Waals surface area contributed by atoms with E-state index in [1.54, 1.807) is 24.3 Å². The van der Waals surface area contributed by atoms with Gasteiger partial charge in [-0.2, -0.15) is 0 Å². The minimum absolute atomic E-state index is 0.0317. The smallest absolute Gasteiger partial charge is 0.187 e. The standard InChI is InChI=1S/C17H15F2NO2/c1-2-22-14-6-3-12(4-7-14)17(21)9-10-20-16-11-13(18)5-8-15(16)19/h3-11,20H,2H2,1H3/b10-9+. The summed E-state index contributed by atoms with van der Waals surface area (Å²) in [6.07, 6.45) is 2.52. The largest absolute Gasteiger partial charge is 0.494 e. The summed E-state index contributed by atoms with van der Waals surface area (Å²) in [4.78, 5) is 11.9. The van der Waals surface area contributed by atoms with Crippen molar-refractivity contribution in [2.75, 3.05) is 11.9 Å². The quantitative estimate of drug-likeness (QED) is 0.643. The summed E-state index contributed by atoms with van der Waals surface area (Å²) in [5.41, 5.74) is 0.442. The van der Waals surface area contributed by atoms with Gasteiger partial charge in [-0.05, 0) is 43.3 Å². The van der Waals surface area contributed by atoms with E-state index in [1.165, 1.54) is 12.3 Å². The first-order valence-electron chi connectivity index (χ1n) is 6.75. The Morgan fingerprint density at radius 1 is 1.18 bits per heavy atom. The van der Waals surface area contributed by atoms with Crippen molar-refractivity contribution < 1.29 is 18.3 Å². The highest BCUT2D eigenvalue weighted by Gasteiger charge is 2.04. The molecule has 0 radical (unpaired) electrons. The highest BCUT2D eigenvalue weighted by atomic mass is 19.1. The minimum Gasteiger partial charge on any atom is -0.494 e. The molecule has 0 atom stereocenters. The van der Waals surface area contributed by atoms with Crippen molar-refractivity contribution >= 4 is 11.5 Å². The second kappa shape index (κ2) is 7.36. The second-order valence-corrected chi connectivity index (χ2v) is 4.42. The molecule has 0 saturated heterocycles. The van der Waals surface area contributed by atoms with E-state index in [4.69, 9.17) is 4.74 Å². The number of nitrogens with one attached hydrogen (secondary N) is 1. The van der Waals surface area contributed by atoms with Gasteiger partial charge in [0.15, 0.2) is 5.78 Å². The normalized spacial score (nSPS) is 10.7. The maximum atomic E-state index is 13.4. The second-order valence-electron chi connectivity index (χ2n) is 4.42. The van der Waals surface area contributed by atoms with E-state index < -0.39 is 11.6 Å². The molecule has 1 N–H and O–H groups in total. The van der Waals surface area contributed by atoms with Crippen LogP contribution in [0.25, 0.3) is 0 Å². The van der Waals surface area contributed by atoms with Gasteiger partial charge in [-0.1, -0.05) is 0 Å². The van der Waals surface area contributed by atoms with Crippen molar-refractivity contribution in [2.24, 2.45) is 0 Å². The molecule has 5 heteroatoms. The van der Waals surface area contributed by atoms with E-state index in [-0.39, 0.29) is 11.5 Å². The van der Waals surface area contributed by atoms with Gasteiger partial charge in [0.2, 0.25) is 0 Å². The molecule has 2 aromatic carbocycles. The van der Waals surface area contributed by atoms with Crippen LogP contribution in [-0.2, 0) is 0 Å². The lowest BCUT2D eigenvalue weighted by molar-refractivity contribution is 0.104. The zero-order valence-electron chi connectivity index (χ0n) is 12.0. The predicted octanol–water partition coefficient (Wildman–Crippen LogP) is 4.17. The molecule has 0 fully saturated rings. The van der Waals surface area contributed by atoms with Crippen LogP contribution in [0.5, 0.6) is 5.75 Å². The molecule has 0 amide bonds. The van der Waals surface area contributed by atoms with Crippen molar-refractivity contribution in [3.8, 4) is 5.75 Å². The van der Waals surface area contributed by atoms with Crippen LogP contribution in [0.1, 0.15) is 17.3 Å². The number of ether oxygens (including phenoxy) is 1. The van der Waals surface area contributed by atoms with Crippen LogP contribution in [-0.4, -0.2) is 12.4 Å². The first-order valence-corrected chi connectivity index (χ1v) is 6.75. The lowest BCUT2D eigenvalue weighted by Gasteiger charge is -2.04. The molecule has 0 aliphatic rings. The van der Waals surface area contributed by atoms with Crippen LogP contribution >= 0.6 is 0 Å². The van der Waals surface area contributed by atoms with Gasteiger partial charge in [0.05, 0.1) is 12.3 Å². The molecule has 3 nitrogen and oxygen atoms in total. The Labute approximate surface area is 127 Å². The van der Waals surface area contributed by atoms with Gasteiger partial charge < -0.3 is 10.1 Å². The first-order chi connectivity index (χ1) is 10.6. The average Bonchev–Trinajstić information content (AvgIpc) is 2.51. The predicted molar refractivity (Wildman–Crippen MR) is 81.1 cm³/mol. The van der Waals surface area contributed by atoms with Crippen LogP contribution in [0.4, 0.5) is 14.5 Å². The van der Waals surface area contributed by atoms with Crippen LogP contribution in [0.15, 0.2) is 54.7 Å². The van der Waals surface area contributed by atoms with Gasteiger partial charge in [-0.3, -0.25) is 4.79 Å². The van der Waals surface area contributed by atoms with Gasteiger partial charge in [-0.15, -0.1) is 0 Å². The van der Waals surface area contributed by atoms with Gasteiger partial charge in [-0.25, -0.2) is 8.78 Å². The van der Waals surface area contributed by atoms with Crippen LogP contribution < -0.4 is 10.1 Å². The highest BCUT2D eigenvalue weighted by molar-refractivity contribution is 6.04. The Bertz CT molecular complexity index is 682. The number of carbonyl (C=O) groups excluding carboxylic acids is 1. The maximum Gasteiger partial charge on any atom is 0.187 e. The number of carbonyl (C=O) groups is 1. The lowest BCUT2D eigenvalue weighted by Crippen LogP contribution is -1.98. The summed E-state index contributed by atoms with van der Waals surface area (Å²) in [5, 5.41) is 2.55. The molecule has 0 saturated carbocycles. The summed E-state index contributed by atoms with van der Waals surface area (Å²) in [6.45, 7) is 2.43. The molecule has 0 spiro atoms. The van der Waals surface area contributed by atoms with Gasteiger partial charge in [0, 0.05) is 23.9 Å². The fourth-order valence-electron chi connectivity index (χ4n) is 1.79. The lowest BCUT2D eigenvalue weighted by atomic mass is 10.1. The zero-order valence-corrected chi connectivity index (χ0v) is 12.0. The summed E-state index contributed by atoms with van der Waals surface area (Å²) >= 11 is 0. The number of benzene rings is 2. The molecule has 114 valence electrons. The first kappa shape index (κ1) is 15.7.